The van der Waals surface area contributed by atoms with E-state index in [1.54, 1.807) is 36.4 Å². The largest absolute Gasteiger partial charge is 0.490 e. The lowest BCUT2D eigenvalue weighted by Crippen LogP contribution is -2.14. The molecule has 0 saturated carbocycles. The molecule has 0 bridgehead atoms. The Hall–Kier alpha value is -3.32. The van der Waals surface area contributed by atoms with E-state index in [1.807, 2.05) is 38.1 Å². The van der Waals surface area contributed by atoms with Crippen LogP contribution in [0, 0.1) is 25.2 Å². The van der Waals surface area contributed by atoms with Crippen LogP contribution >= 0.6 is 0 Å². The Morgan fingerprint density at radius 3 is 2.60 bits per heavy atom. The number of nitrogens with zero attached hydrogens (tertiary/aromatic N) is 1. The van der Waals surface area contributed by atoms with Crippen LogP contribution < -0.4 is 10.1 Å². The molecule has 0 heterocycles. The normalized spacial score (nSPS) is 10.7. The number of aryl methyl sites for hydroxylation is 1. The van der Waals surface area contributed by atoms with Crippen LogP contribution in [0.4, 0.5) is 5.69 Å². The van der Waals surface area contributed by atoms with Crippen LogP contribution in [0.1, 0.15) is 16.7 Å². The minimum absolute atomic E-state index is 0.0423. The molecule has 0 radical (unpaired) electrons. The minimum atomic E-state index is -0.428. The highest BCUT2D eigenvalue weighted by Crippen LogP contribution is 2.19. The molecule has 0 fully saturated rings. The van der Waals surface area contributed by atoms with Gasteiger partial charge in [0, 0.05) is 5.69 Å². The fraction of sp³-hybridized carbons (Fsp3) is 0.143. The molecule has 126 valence electrons. The fourth-order valence-corrected chi connectivity index (χ4v) is 2.21. The number of anilines is 1. The molecule has 4 heteroatoms. The van der Waals surface area contributed by atoms with Gasteiger partial charge in [-0.2, -0.15) is 5.26 Å². The number of carbonyl (C=O) groups is 1. The summed E-state index contributed by atoms with van der Waals surface area (Å²) in [4.78, 5) is 12.4. The van der Waals surface area contributed by atoms with Crippen molar-refractivity contribution in [3.63, 3.8) is 0 Å². The number of benzene rings is 2. The first-order chi connectivity index (χ1) is 12.0. The van der Waals surface area contributed by atoms with Crippen molar-refractivity contribution in [3.8, 4) is 11.8 Å². The van der Waals surface area contributed by atoms with E-state index in [0.29, 0.717) is 18.0 Å². The van der Waals surface area contributed by atoms with Crippen molar-refractivity contribution in [3.05, 3.63) is 77.4 Å². The van der Waals surface area contributed by atoms with Gasteiger partial charge in [-0.25, -0.2) is 0 Å². The molecule has 0 atom stereocenters. The summed E-state index contributed by atoms with van der Waals surface area (Å²) in [5, 5.41) is 12.1. The van der Waals surface area contributed by atoms with Crippen molar-refractivity contribution in [1.82, 2.24) is 0 Å². The summed E-state index contributed by atoms with van der Waals surface area (Å²) in [6, 6.07) is 14.8. The number of nitriles is 1. The van der Waals surface area contributed by atoms with Crippen LogP contribution in [0.3, 0.4) is 0 Å². The number of amides is 1. The first-order valence-electron chi connectivity index (χ1n) is 7.88. The third-order valence-electron chi connectivity index (χ3n) is 3.78. The lowest BCUT2D eigenvalue weighted by Gasteiger charge is -2.10. The third-order valence-corrected chi connectivity index (χ3v) is 3.78. The summed E-state index contributed by atoms with van der Waals surface area (Å²) in [6.45, 7) is 7.93. The van der Waals surface area contributed by atoms with Crippen LogP contribution in [-0.2, 0) is 4.79 Å². The maximum Gasteiger partial charge on any atom is 0.266 e. The average Bonchev–Trinajstić information content (AvgIpc) is 2.62. The number of rotatable bonds is 6. The predicted octanol–water partition coefficient (Wildman–Crippen LogP) is 4.41. The Morgan fingerprint density at radius 2 is 1.96 bits per heavy atom. The lowest BCUT2D eigenvalue weighted by atomic mass is 10.1. The zero-order chi connectivity index (χ0) is 18.2. The number of nitrogens with one attached hydrogen (secondary N) is 1. The molecule has 25 heavy (non-hydrogen) atoms. The van der Waals surface area contributed by atoms with E-state index in [-0.39, 0.29) is 5.57 Å². The fourth-order valence-electron chi connectivity index (χ4n) is 2.21. The molecule has 1 N–H and O–H groups in total. The van der Waals surface area contributed by atoms with Crippen LogP contribution in [-0.4, -0.2) is 12.5 Å². The van der Waals surface area contributed by atoms with E-state index < -0.39 is 5.91 Å². The maximum absolute atomic E-state index is 12.4. The number of ether oxygens (including phenoxy) is 1. The summed E-state index contributed by atoms with van der Waals surface area (Å²) >= 11 is 0. The highest BCUT2D eigenvalue weighted by molar-refractivity contribution is 6.10. The van der Waals surface area contributed by atoms with Crippen LogP contribution in [0.25, 0.3) is 6.08 Å². The van der Waals surface area contributed by atoms with Crippen LogP contribution in [0.15, 0.2) is 60.7 Å². The van der Waals surface area contributed by atoms with Crippen LogP contribution in [0.5, 0.6) is 5.75 Å². The minimum Gasteiger partial charge on any atom is -0.490 e. The van der Waals surface area contributed by atoms with Crippen molar-refractivity contribution in [2.24, 2.45) is 0 Å². The number of carbonyl (C=O) groups excluding carboxylic acids is 1. The SMILES string of the molecule is C=CCOc1ccc(/C=C(\C#N)C(=O)Nc2cccc(C)c2C)cc1. The van der Waals surface area contributed by atoms with E-state index in [1.165, 1.54) is 0 Å². The molecule has 4 nitrogen and oxygen atoms in total. The second-order valence-corrected chi connectivity index (χ2v) is 5.54. The van der Waals surface area contributed by atoms with Crippen molar-refractivity contribution >= 4 is 17.7 Å². The second-order valence-electron chi connectivity index (χ2n) is 5.54. The lowest BCUT2D eigenvalue weighted by molar-refractivity contribution is -0.112. The quantitative estimate of drug-likeness (QED) is 0.484. The van der Waals surface area contributed by atoms with Gasteiger partial charge in [-0.05, 0) is 54.8 Å². The third kappa shape index (κ3) is 4.82. The van der Waals surface area contributed by atoms with Gasteiger partial charge in [0.15, 0.2) is 0 Å². The van der Waals surface area contributed by atoms with Gasteiger partial charge in [0.1, 0.15) is 24.0 Å². The van der Waals surface area contributed by atoms with Gasteiger partial charge in [-0.15, -0.1) is 0 Å². The first kappa shape index (κ1) is 18.0. The van der Waals surface area contributed by atoms with Gasteiger partial charge in [0.05, 0.1) is 0 Å². The van der Waals surface area contributed by atoms with E-state index in [0.717, 1.165) is 16.7 Å². The molecule has 0 aliphatic carbocycles. The zero-order valence-corrected chi connectivity index (χ0v) is 14.4. The van der Waals surface area contributed by atoms with E-state index in [9.17, 15) is 10.1 Å². The Labute approximate surface area is 148 Å². The zero-order valence-electron chi connectivity index (χ0n) is 14.4. The van der Waals surface area contributed by atoms with Crippen molar-refractivity contribution in [2.75, 3.05) is 11.9 Å². The van der Waals surface area contributed by atoms with E-state index in [2.05, 4.69) is 11.9 Å². The molecular formula is C21H20N2O2. The van der Waals surface area contributed by atoms with Crippen molar-refractivity contribution < 1.29 is 9.53 Å². The summed E-state index contributed by atoms with van der Waals surface area (Å²) < 4.78 is 5.41. The van der Waals surface area contributed by atoms with Gasteiger partial charge >= 0.3 is 0 Å². The Bertz CT molecular complexity index is 843. The van der Waals surface area contributed by atoms with Crippen molar-refractivity contribution in [1.29, 1.82) is 5.26 Å². The Morgan fingerprint density at radius 1 is 1.24 bits per heavy atom. The van der Waals surface area contributed by atoms with Gasteiger partial charge in [0.2, 0.25) is 0 Å². The first-order valence-corrected chi connectivity index (χ1v) is 7.88. The predicted molar refractivity (Wildman–Crippen MR) is 100 cm³/mol. The monoisotopic (exact) mass is 332 g/mol. The second kappa shape index (κ2) is 8.51. The topological polar surface area (TPSA) is 62.1 Å². The number of hydrogen-bond acceptors (Lipinski definition) is 3. The van der Waals surface area contributed by atoms with Crippen LogP contribution in [0.2, 0.25) is 0 Å². The van der Waals surface area contributed by atoms with Gasteiger partial charge in [-0.3, -0.25) is 4.79 Å². The Balaban J connectivity index is 2.16. The standard InChI is InChI=1S/C21H20N2O2/c1-4-12-25-19-10-8-17(9-11-19)13-18(14-22)21(24)23-20-7-5-6-15(2)16(20)3/h4-11,13H,1,12H2,2-3H3,(H,23,24)/b18-13+. The summed E-state index contributed by atoms with van der Waals surface area (Å²) in [5.74, 6) is 0.276. The van der Waals surface area contributed by atoms with E-state index in [4.69, 9.17) is 4.74 Å². The molecule has 0 unspecified atom stereocenters. The maximum atomic E-state index is 12.4. The molecule has 0 aliphatic rings. The average molecular weight is 332 g/mol. The smallest absolute Gasteiger partial charge is 0.266 e. The molecule has 0 spiro atoms. The molecular weight excluding hydrogens is 312 g/mol. The number of hydrogen-bond donors (Lipinski definition) is 1. The summed E-state index contributed by atoms with van der Waals surface area (Å²) in [7, 11) is 0. The molecule has 0 aromatic heterocycles. The summed E-state index contributed by atoms with van der Waals surface area (Å²) in [6.07, 6.45) is 3.22. The molecule has 2 aromatic carbocycles. The van der Waals surface area contributed by atoms with E-state index >= 15 is 0 Å². The molecule has 0 saturated heterocycles. The van der Waals surface area contributed by atoms with Gasteiger partial charge in [-0.1, -0.05) is 36.9 Å². The summed E-state index contributed by atoms with van der Waals surface area (Å²) in [5.41, 5.74) is 3.56. The molecule has 2 rings (SSSR count). The van der Waals surface area contributed by atoms with Gasteiger partial charge in [0.25, 0.3) is 5.91 Å². The van der Waals surface area contributed by atoms with Crippen molar-refractivity contribution in [2.45, 2.75) is 13.8 Å². The molecule has 1 amide bonds. The molecule has 2 aromatic rings. The van der Waals surface area contributed by atoms with Gasteiger partial charge < -0.3 is 10.1 Å². The highest BCUT2D eigenvalue weighted by atomic mass is 16.5. The Kier molecular flexibility index (Phi) is 6.14. The highest BCUT2D eigenvalue weighted by Gasteiger charge is 2.11. The molecule has 0 aliphatic heterocycles.